The zero-order valence-corrected chi connectivity index (χ0v) is 10.6. The topological polar surface area (TPSA) is 29.3 Å². The maximum atomic E-state index is 5.85. The van der Waals surface area contributed by atoms with Crippen molar-refractivity contribution >= 4 is 11.3 Å². The van der Waals surface area contributed by atoms with E-state index in [1.54, 1.807) is 0 Å². The van der Waals surface area contributed by atoms with Gasteiger partial charge in [-0.1, -0.05) is 18.2 Å². The van der Waals surface area contributed by atoms with Gasteiger partial charge in [-0.3, -0.25) is 0 Å². The maximum absolute atomic E-state index is 5.85. The quantitative estimate of drug-likeness (QED) is 0.794. The Hall–Kier alpha value is -0.640. The Labute approximate surface area is 102 Å². The van der Waals surface area contributed by atoms with Gasteiger partial charge >= 0.3 is 0 Å². The largest absolute Gasteiger partial charge is 0.324 e. The molecule has 1 aliphatic carbocycles. The summed E-state index contributed by atoms with van der Waals surface area (Å²) in [5, 5.41) is 2.15. The zero-order chi connectivity index (χ0) is 11.4. The van der Waals surface area contributed by atoms with Crippen LogP contribution in [0.2, 0.25) is 0 Å². The molecule has 2 N–H and O–H groups in total. The van der Waals surface area contributed by atoms with Crippen molar-refractivity contribution in [2.45, 2.75) is 18.9 Å². The molecular formula is C13H20N2S. The van der Waals surface area contributed by atoms with Crippen molar-refractivity contribution in [3.8, 4) is 0 Å². The van der Waals surface area contributed by atoms with E-state index < -0.39 is 0 Å². The molecule has 0 saturated heterocycles. The van der Waals surface area contributed by atoms with E-state index in [1.807, 2.05) is 11.3 Å². The molecule has 1 aliphatic rings. The van der Waals surface area contributed by atoms with E-state index in [-0.39, 0.29) is 6.04 Å². The molecule has 0 spiro atoms. The Morgan fingerprint density at radius 1 is 1.50 bits per heavy atom. The summed E-state index contributed by atoms with van der Waals surface area (Å²) in [4.78, 5) is 3.89. The fourth-order valence-corrected chi connectivity index (χ4v) is 2.89. The number of nitrogens with two attached hydrogens (primary N) is 1. The van der Waals surface area contributed by atoms with Crippen LogP contribution in [0.1, 0.15) is 11.3 Å². The highest BCUT2D eigenvalue weighted by Gasteiger charge is 2.16. The first-order valence-electron chi connectivity index (χ1n) is 5.89. The van der Waals surface area contributed by atoms with E-state index in [1.165, 1.54) is 4.88 Å². The van der Waals surface area contributed by atoms with Gasteiger partial charge in [0, 0.05) is 24.0 Å². The molecule has 0 amide bonds. The molecule has 0 radical (unpaired) electrons. The Balaban J connectivity index is 1.68. The molecule has 0 fully saturated rings. The molecule has 88 valence electrons. The SMILES string of the molecule is CN(CCc1cccs1)CC1C=CC(N)C1. The van der Waals surface area contributed by atoms with Crippen molar-refractivity contribution in [3.05, 3.63) is 34.5 Å². The van der Waals surface area contributed by atoms with Crippen molar-refractivity contribution in [2.24, 2.45) is 11.7 Å². The van der Waals surface area contributed by atoms with Crippen molar-refractivity contribution in [2.75, 3.05) is 20.1 Å². The lowest BCUT2D eigenvalue weighted by molar-refractivity contribution is 0.299. The molecule has 0 aromatic carbocycles. The third-order valence-electron chi connectivity index (χ3n) is 3.07. The average Bonchev–Trinajstić information content (AvgIpc) is 2.87. The van der Waals surface area contributed by atoms with Crippen LogP contribution >= 0.6 is 11.3 Å². The fraction of sp³-hybridized carbons (Fsp3) is 0.538. The van der Waals surface area contributed by atoms with E-state index in [2.05, 4.69) is 41.6 Å². The van der Waals surface area contributed by atoms with Crippen molar-refractivity contribution < 1.29 is 0 Å². The fourth-order valence-electron chi connectivity index (χ4n) is 2.19. The molecule has 2 nitrogen and oxygen atoms in total. The highest BCUT2D eigenvalue weighted by Crippen LogP contribution is 2.17. The Morgan fingerprint density at radius 3 is 3.00 bits per heavy atom. The lowest BCUT2D eigenvalue weighted by Crippen LogP contribution is -2.27. The minimum atomic E-state index is 0.288. The molecule has 0 saturated carbocycles. The molecule has 0 bridgehead atoms. The van der Waals surface area contributed by atoms with Crippen LogP contribution in [0.15, 0.2) is 29.7 Å². The summed E-state index contributed by atoms with van der Waals surface area (Å²) in [7, 11) is 2.20. The van der Waals surface area contributed by atoms with Crippen LogP contribution in [0.3, 0.4) is 0 Å². The predicted octanol–water partition coefficient (Wildman–Crippen LogP) is 2.13. The third kappa shape index (κ3) is 3.44. The lowest BCUT2D eigenvalue weighted by atomic mass is 10.1. The van der Waals surface area contributed by atoms with Gasteiger partial charge in [0.15, 0.2) is 0 Å². The third-order valence-corrected chi connectivity index (χ3v) is 4.01. The molecular weight excluding hydrogens is 216 g/mol. The first kappa shape index (κ1) is 11.8. The Bertz CT molecular complexity index is 332. The molecule has 1 aromatic heterocycles. The van der Waals surface area contributed by atoms with Gasteiger partial charge in [0.2, 0.25) is 0 Å². The van der Waals surface area contributed by atoms with Gasteiger partial charge in [0.25, 0.3) is 0 Å². The lowest BCUT2D eigenvalue weighted by Gasteiger charge is -2.20. The molecule has 0 aliphatic heterocycles. The summed E-state index contributed by atoms with van der Waals surface area (Å²) in [5.41, 5.74) is 5.85. The van der Waals surface area contributed by atoms with Crippen molar-refractivity contribution in [3.63, 3.8) is 0 Å². The normalized spacial score (nSPS) is 24.4. The summed E-state index contributed by atoms with van der Waals surface area (Å²) in [5.74, 6) is 0.656. The number of thiophene rings is 1. The minimum absolute atomic E-state index is 0.288. The molecule has 1 aromatic rings. The van der Waals surface area contributed by atoms with Crippen LogP contribution in [-0.2, 0) is 6.42 Å². The van der Waals surface area contributed by atoms with Crippen molar-refractivity contribution in [1.82, 2.24) is 4.90 Å². The van der Waals surface area contributed by atoms with Gasteiger partial charge in [-0.15, -0.1) is 11.3 Å². The number of hydrogen-bond acceptors (Lipinski definition) is 3. The van der Waals surface area contributed by atoms with Gasteiger partial charge < -0.3 is 10.6 Å². The number of nitrogens with zero attached hydrogens (tertiary/aromatic N) is 1. The second-order valence-corrected chi connectivity index (χ2v) is 5.67. The first-order chi connectivity index (χ1) is 7.74. The summed E-state index contributed by atoms with van der Waals surface area (Å²) in [6, 6.07) is 4.62. The second-order valence-electron chi connectivity index (χ2n) is 4.64. The Morgan fingerprint density at radius 2 is 2.38 bits per heavy atom. The van der Waals surface area contributed by atoms with Crippen molar-refractivity contribution in [1.29, 1.82) is 0 Å². The van der Waals surface area contributed by atoms with E-state index in [4.69, 9.17) is 5.73 Å². The monoisotopic (exact) mass is 236 g/mol. The number of likely N-dealkylation sites (N-methyl/N-ethyl adjacent to an activating group) is 1. The molecule has 2 rings (SSSR count). The van der Waals surface area contributed by atoms with Crippen LogP contribution in [0.5, 0.6) is 0 Å². The number of hydrogen-bond donors (Lipinski definition) is 1. The molecule has 2 atom stereocenters. The Kier molecular flexibility index (Phi) is 4.16. The highest BCUT2D eigenvalue weighted by atomic mass is 32.1. The summed E-state index contributed by atoms with van der Waals surface area (Å²) >= 11 is 1.85. The van der Waals surface area contributed by atoms with Crippen LogP contribution in [-0.4, -0.2) is 31.1 Å². The molecule has 3 heteroatoms. The molecule has 1 heterocycles. The van der Waals surface area contributed by atoms with Gasteiger partial charge in [0.1, 0.15) is 0 Å². The van der Waals surface area contributed by atoms with E-state index in [0.29, 0.717) is 5.92 Å². The van der Waals surface area contributed by atoms with Gasteiger partial charge in [-0.25, -0.2) is 0 Å². The van der Waals surface area contributed by atoms with E-state index in [0.717, 1.165) is 25.9 Å². The smallest absolute Gasteiger partial charge is 0.0229 e. The maximum Gasteiger partial charge on any atom is 0.0229 e. The standard InChI is InChI=1S/C13H20N2S/c1-15(7-6-13-3-2-8-16-13)10-11-4-5-12(14)9-11/h2-5,8,11-12H,6-7,9-10,14H2,1H3. The van der Waals surface area contributed by atoms with E-state index >= 15 is 0 Å². The minimum Gasteiger partial charge on any atom is -0.324 e. The van der Waals surface area contributed by atoms with Gasteiger partial charge in [0.05, 0.1) is 0 Å². The zero-order valence-electron chi connectivity index (χ0n) is 9.80. The molecule has 2 unspecified atom stereocenters. The van der Waals surface area contributed by atoms with Crippen LogP contribution in [0, 0.1) is 5.92 Å². The van der Waals surface area contributed by atoms with Gasteiger partial charge in [-0.05, 0) is 37.3 Å². The summed E-state index contributed by atoms with van der Waals surface area (Å²) < 4.78 is 0. The van der Waals surface area contributed by atoms with E-state index in [9.17, 15) is 0 Å². The van der Waals surface area contributed by atoms with Crippen LogP contribution in [0.25, 0.3) is 0 Å². The molecule has 16 heavy (non-hydrogen) atoms. The van der Waals surface area contributed by atoms with Crippen LogP contribution < -0.4 is 5.73 Å². The summed E-state index contributed by atoms with van der Waals surface area (Å²) in [6.45, 7) is 2.27. The average molecular weight is 236 g/mol. The van der Waals surface area contributed by atoms with Gasteiger partial charge in [-0.2, -0.15) is 0 Å². The van der Waals surface area contributed by atoms with Crippen LogP contribution in [0.4, 0.5) is 0 Å². The predicted molar refractivity (Wildman–Crippen MR) is 70.7 cm³/mol. The first-order valence-corrected chi connectivity index (χ1v) is 6.77. The second kappa shape index (κ2) is 5.62. The highest BCUT2D eigenvalue weighted by molar-refractivity contribution is 7.09. The summed E-state index contributed by atoms with van der Waals surface area (Å²) in [6.07, 6.45) is 6.68. The number of rotatable bonds is 5.